The fraction of sp³-hybridized carbons (Fsp3) is 0.444. The number of hydrogen-bond donors (Lipinski definition) is 1. The molecule has 0 bridgehead atoms. The van der Waals surface area contributed by atoms with Crippen LogP contribution in [0.15, 0.2) is 35.3 Å². The zero-order chi connectivity index (χ0) is 20.3. The molecule has 1 aliphatic heterocycles. The second-order valence-corrected chi connectivity index (χ2v) is 6.88. The van der Waals surface area contributed by atoms with E-state index in [1.165, 1.54) is 18.3 Å². The van der Waals surface area contributed by atoms with Crippen LogP contribution in [-0.2, 0) is 15.7 Å². The average molecular weight is 418 g/mol. The normalized spacial score (nSPS) is 18.2. The topological polar surface area (TPSA) is 65.4 Å². The van der Waals surface area contributed by atoms with Gasteiger partial charge in [-0.1, -0.05) is 17.7 Å². The highest BCUT2D eigenvalue weighted by Gasteiger charge is 2.30. The molecule has 28 heavy (non-hydrogen) atoms. The molecule has 0 radical (unpaired) electrons. The number of anilines is 1. The van der Waals surface area contributed by atoms with E-state index < -0.39 is 17.3 Å². The highest BCUT2D eigenvalue weighted by Crippen LogP contribution is 2.30. The van der Waals surface area contributed by atoms with Crippen LogP contribution in [0.1, 0.15) is 18.9 Å². The molecule has 1 aliphatic rings. The monoisotopic (exact) mass is 417 g/mol. The molecule has 152 valence electrons. The Balaban J connectivity index is 1.75. The maximum atomic E-state index is 12.9. The van der Waals surface area contributed by atoms with Crippen LogP contribution >= 0.6 is 11.6 Å². The van der Waals surface area contributed by atoms with Crippen LogP contribution in [0.4, 0.5) is 18.9 Å². The maximum Gasteiger partial charge on any atom is 0.416 e. The van der Waals surface area contributed by atoms with Gasteiger partial charge in [0, 0.05) is 12.6 Å². The molecule has 0 saturated carbocycles. The molecule has 1 N–H and O–H groups in total. The van der Waals surface area contributed by atoms with Crippen molar-refractivity contribution in [1.29, 1.82) is 0 Å². The predicted octanol–water partition coefficient (Wildman–Crippen LogP) is 3.51. The molecule has 1 aromatic carbocycles. The van der Waals surface area contributed by atoms with Crippen molar-refractivity contribution < 1.29 is 22.6 Å². The molecule has 0 aliphatic carbocycles. The van der Waals surface area contributed by atoms with E-state index in [1.807, 2.05) is 6.92 Å². The molecule has 2 atom stereocenters. The summed E-state index contributed by atoms with van der Waals surface area (Å²) in [6.07, 6.45) is -2.34. The van der Waals surface area contributed by atoms with Crippen molar-refractivity contribution in [3.05, 3.63) is 51.4 Å². The van der Waals surface area contributed by atoms with E-state index >= 15 is 0 Å². The second-order valence-electron chi connectivity index (χ2n) is 6.50. The Kier molecular flexibility index (Phi) is 6.26. The minimum absolute atomic E-state index is 0.0223. The molecule has 6 nitrogen and oxygen atoms in total. The second kappa shape index (κ2) is 8.50. The average Bonchev–Trinajstić information content (AvgIpc) is 3.17. The van der Waals surface area contributed by atoms with Gasteiger partial charge < -0.3 is 14.8 Å². The first kappa shape index (κ1) is 20.6. The quantitative estimate of drug-likeness (QED) is 0.779. The van der Waals surface area contributed by atoms with Crippen molar-refractivity contribution in [3.8, 4) is 5.69 Å². The van der Waals surface area contributed by atoms with Crippen molar-refractivity contribution in [2.45, 2.75) is 31.7 Å². The van der Waals surface area contributed by atoms with Crippen LogP contribution in [0, 0.1) is 0 Å². The van der Waals surface area contributed by atoms with Gasteiger partial charge in [0.05, 0.1) is 42.5 Å². The molecule has 1 fully saturated rings. The summed E-state index contributed by atoms with van der Waals surface area (Å²) in [6.45, 7) is 3.46. The zero-order valence-electron chi connectivity index (χ0n) is 15.0. The van der Waals surface area contributed by atoms with Gasteiger partial charge in [0.1, 0.15) is 5.02 Å². The number of alkyl halides is 3. The molecule has 2 heterocycles. The smallest absolute Gasteiger partial charge is 0.379 e. The molecule has 1 aromatic heterocycles. The Morgan fingerprint density at radius 3 is 2.93 bits per heavy atom. The lowest BCUT2D eigenvalue weighted by Crippen LogP contribution is -2.28. The Morgan fingerprint density at radius 1 is 1.46 bits per heavy atom. The molecule has 2 unspecified atom stereocenters. The standard InChI is InChI=1S/C18H19ClF3N3O3/c1-11(9-28-14-5-6-27-10-14)24-15-8-23-25(17(26)16(15)19)13-4-2-3-12(7-13)18(20,21)22/h2-4,7-8,11,14,24H,5-6,9-10H2,1H3. The molecule has 3 rings (SSSR count). The summed E-state index contributed by atoms with van der Waals surface area (Å²) in [5.74, 6) is 0. The third-order valence-corrected chi connectivity index (χ3v) is 4.57. The van der Waals surface area contributed by atoms with Crippen molar-refractivity contribution in [2.75, 3.05) is 25.1 Å². The first-order valence-electron chi connectivity index (χ1n) is 8.67. The molecule has 2 aromatic rings. The number of rotatable bonds is 6. The Morgan fingerprint density at radius 2 is 2.25 bits per heavy atom. The van der Waals surface area contributed by atoms with Gasteiger partial charge in [-0.15, -0.1) is 0 Å². The van der Waals surface area contributed by atoms with E-state index in [2.05, 4.69) is 10.4 Å². The number of nitrogens with one attached hydrogen (secondary N) is 1. The minimum Gasteiger partial charge on any atom is -0.379 e. The SMILES string of the molecule is CC(COC1CCOC1)Nc1cnn(-c2cccc(C(F)(F)F)c2)c(=O)c1Cl. The van der Waals surface area contributed by atoms with Gasteiger partial charge in [0.15, 0.2) is 0 Å². The summed E-state index contributed by atoms with van der Waals surface area (Å²) in [5, 5.41) is 6.82. The van der Waals surface area contributed by atoms with E-state index in [9.17, 15) is 18.0 Å². The Bertz CT molecular complexity index is 882. The van der Waals surface area contributed by atoms with E-state index in [-0.39, 0.29) is 28.5 Å². The molecule has 0 spiro atoms. The number of benzene rings is 1. The minimum atomic E-state index is -4.52. The summed E-state index contributed by atoms with van der Waals surface area (Å²) in [6, 6.07) is 4.16. The van der Waals surface area contributed by atoms with E-state index in [4.69, 9.17) is 21.1 Å². The summed E-state index contributed by atoms with van der Waals surface area (Å²) < 4.78 is 50.4. The van der Waals surface area contributed by atoms with Crippen molar-refractivity contribution >= 4 is 17.3 Å². The van der Waals surface area contributed by atoms with Crippen molar-refractivity contribution in [3.63, 3.8) is 0 Å². The van der Waals surface area contributed by atoms with Gasteiger partial charge in [0.25, 0.3) is 5.56 Å². The molecular formula is C18H19ClF3N3O3. The van der Waals surface area contributed by atoms with Gasteiger partial charge in [-0.25, -0.2) is 0 Å². The number of halogens is 4. The van der Waals surface area contributed by atoms with Crippen molar-refractivity contribution in [1.82, 2.24) is 9.78 Å². The number of nitrogens with zero attached hydrogens (tertiary/aromatic N) is 2. The number of hydrogen-bond acceptors (Lipinski definition) is 5. The third kappa shape index (κ3) is 4.84. The van der Waals surface area contributed by atoms with E-state index in [0.717, 1.165) is 23.2 Å². The maximum absolute atomic E-state index is 12.9. The highest BCUT2D eigenvalue weighted by atomic mass is 35.5. The van der Waals surface area contributed by atoms with Crippen LogP contribution in [-0.4, -0.2) is 41.7 Å². The Hall–Kier alpha value is -2.10. The third-order valence-electron chi connectivity index (χ3n) is 4.21. The van der Waals surface area contributed by atoms with E-state index in [0.29, 0.717) is 19.8 Å². The Labute approximate surface area is 164 Å². The largest absolute Gasteiger partial charge is 0.416 e. The van der Waals surface area contributed by atoms with Crippen LogP contribution in [0.5, 0.6) is 0 Å². The highest BCUT2D eigenvalue weighted by molar-refractivity contribution is 6.32. The molecular weight excluding hydrogens is 399 g/mol. The van der Waals surface area contributed by atoms with E-state index in [1.54, 1.807) is 0 Å². The zero-order valence-corrected chi connectivity index (χ0v) is 15.8. The summed E-state index contributed by atoms with van der Waals surface area (Å²) >= 11 is 6.13. The molecule has 1 saturated heterocycles. The van der Waals surface area contributed by atoms with Gasteiger partial charge in [0.2, 0.25) is 0 Å². The first-order chi connectivity index (χ1) is 13.3. The molecule has 0 amide bonds. The van der Waals surface area contributed by atoms with Gasteiger partial charge in [-0.2, -0.15) is 23.0 Å². The molecule has 10 heteroatoms. The first-order valence-corrected chi connectivity index (χ1v) is 9.05. The summed E-state index contributed by atoms with van der Waals surface area (Å²) in [4.78, 5) is 12.5. The van der Waals surface area contributed by atoms with Crippen LogP contribution in [0.2, 0.25) is 5.02 Å². The van der Waals surface area contributed by atoms with Gasteiger partial charge in [-0.05, 0) is 31.5 Å². The fourth-order valence-electron chi connectivity index (χ4n) is 2.76. The van der Waals surface area contributed by atoms with Gasteiger partial charge >= 0.3 is 6.18 Å². The lowest BCUT2D eigenvalue weighted by molar-refractivity contribution is -0.137. The van der Waals surface area contributed by atoms with Crippen LogP contribution in [0.25, 0.3) is 5.69 Å². The summed E-state index contributed by atoms with van der Waals surface area (Å²) in [7, 11) is 0. The predicted molar refractivity (Wildman–Crippen MR) is 98.1 cm³/mol. The lowest BCUT2D eigenvalue weighted by Gasteiger charge is -2.18. The summed E-state index contributed by atoms with van der Waals surface area (Å²) in [5.41, 5.74) is -1.33. The number of ether oxygens (including phenoxy) is 2. The number of aromatic nitrogens is 2. The van der Waals surface area contributed by atoms with Crippen LogP contribution < -0.4 is 10.9 Å². The van der Waals surface area contributed by atoms with Gasteiger partial charge in [-0.3, -0.25) is 4.79 Å². The van der Waals surface area contributed by atoms with Crippen molar-refractivity contribution in [2.24, 2.45) is 0 Å². The fourth-order valence-corrected chi connectivity index (χ4v) is 2.95. The van der Waals surface area contributed by atoms with Crippen LogP contribution in [0.3, 0.4) is 0 Å². The lowest BCUT2D eigenvalue weighted by atomic mass is 10.2.